The third-order valence-electron chi connectivity index (χ3n) is 5.10. The molecule has 0 fully saturated rings. The van der Waals surface area contributed by atoms with Crippen LogP contribution in [0.25, 0.3) is 5.69 Å². The van der Waals surface area contributed by atoms with Crippen molar-refractivity contribution in [1.82, 2.24) is 9.78 Å². The van der Waals surface area contributed by atoms with Crippen LogP contribution in [0.3, 0.4) is 0 Å². The largest absolute Gasteiger partial charge is 0.497 e. The van der Waals surface area contributed by atoms with Crippen LogP contribution in [0.4, 0.5) is 5.82 Å². The Labute approximate surface area is 183 Å². The predicted molar refractivity (Wildman–Crippen MR) is 120 cm³/mol. The molecule has 0 bridgehead atoms. The van der Waals surface area contributed by atoms with E-state index in [1.807, 2.05) is 24.3 Å². The molecule has 1 aliphatic heterocycles. The summed E-state index contributed by atoms with van der Waals surface area (Å²) in [6.45, 7) is 2.77. The molecule has 8 heteroatoms. The van der Waals surface area contributed by atoms with Crippen LogP contribution in [0.15, 0.2) is 48.5 Å². The smallest absolute Gasteiger partial charge is 0.256 e. The average molecular weight is 440 g/mol. The number of fused-ring (bicyclic) bond motifs is 1. The number of ether oxygens (including phenoxy) is 2. The molecule has 0 aliphatic carbocycles. The lowest BCUT2D eigenvalue weighted by atomic mass is 10.2. The van der Waals surface area contributed by atoms with Crippen molar-refractivity contribution < 1.29 is 18.5 Å². The summed E-state index contributed by atoms with van der Waals surface area (Å²) in [7, 11) is 0.611. The molecule has 4 rings (SSSR count). The lowest BCUT2D eigenvalue weighted by Crippen LogP contribution is -2.16. The Morgan fingerprint density at radius 1 is 1.10 bits per heavy atom. The lowest BCUT2D eigenvalue weighted by molar-refractivity contribution is 0.102. The van der Waals surface area contributed by atoms with Crippen molar-refractivity contribution in [3.8, 4) is 17.2 Å². The lowest BCUT2D eigenvalue weighted by Gasteiger charge is -2.12. The number of aromatic nitrogens is 2. The van der Waals surface area contributed by atoms with E-state index >= 15 is 0 Å². The molecule has 0 saturated heterocycles. The van der Waals surface area contributed by atoms with Crippen LogP contribution in [-0.4, -0.2) is 33.6 Å². The van der Waals surface area contributed by atoms with Gasteiger partial charge in [0.1, 0.15) is 17.3 Å². The average Bonchev–Trinajstić information content (AvgIpc) is 3.31. The topological polar surface area (TPSA) is 82.4 Å². The van der Waals surface area contributed by atoms with E-state index in [4.69, 9.17) is 9.47 Å². The highest BCUT2D eigenvalue weighted by Gasteiger charge is 2.28. The molecule has 0 radical (unpaired) electrons. The third kappa shape index (κ3) is 4.64. The number of nitrogens with one attached hydrogen (secondary N) is 1. The summed E-state index contributed by atoms with van der Waals surface area (Å²) in [5.41, 5.74) is 2.88. The van der Waals surface area contributed by atoms with Crippen molar-refractivity contribution in [1.29, 1.82) is 0 Å². The molecule has 1 aliphatic rings. The summed E-state index contributed by atoms with van der Waals surface area (Å²) in [6.07, 6.45) is 2.06. The molecule has 0 spiro atoms. The van der Waals surface area contributed by atoms with Gasteiger partial charge in [0.25, 0.3) is 5.91 Å². The van der Waals surface area contributed by atoms with Gasteiger partial charge >= 0.3 is 0 Å². The first-order chi connectivity index (χ1) is 15.1. The van der Waals surface area contributed by atoms with Gasteiger partial charge in [0.15, 0.2) is 0 Å². The Morgan fingerprint density at radius 3 is 2.48 bits per heavy atom. The number of benzene rings is 2. The van der Waals surface area contributed by atoms with E-state index in [0.29, 0.717) is 29.5 Å². The van der Waals surface area contributed by atoms with Crippen LogP contribution in [0.5, 0.6) is 11.5 Å². The minimum Gasteiger partial charge on any atom is -0.497 e. The number of amides is 1. The van der Waals surface area contributed by atoms with Crippen LogP contribution in [0.1, 0.15) is 41.4 Å². The van der Waals surface area contributed by atoms with E-state index in [1.165, 1.54) is 0 Å². The first kappa shape index (κ1) is 21.1. The zero-order chi connectivity index (χ0) is 21.8. The minimum absolute atomic E-state index is 0.254. The Kier molecular flexibility index (Phi) is 6.36. The highest BCUT2D eigenvalue weighted by molar-refractivity contribution is 7.83. The van der Waals surface area contributed by atoms with Gasteiger partial charge in [0.2, 0.25) is 0 Å². The molecule has 2 heterocycles. The molecule has 1 aromatic heterocycles. The van der Waals surface area contributed by atoms with Gasteiger partial charge in [-0.25, -0.2) is 4.68 Å². The Balaban J connectivity index is 1.58. The summed E-state index contributed by atoms with van der Waals surface area (Å²) in [5.74, 6) is 2.55. The van der Waals surface area contributed by atoms with Gasteiger partial charge in [-0.2, -0.15) is 5.10 Å². The fourth-order valence-electron chi connectivity index (χ4n) is 3.38. The van der Waals surface area contributed by atoms with Gasteiger partial charge < -0.3 is 14.8 Å². The van der Waals surface area contributed by atoms with Gasteiger partial charge in [-0.05, 0) is 55.0 Å². The molecule has 1 amide bonds. The van der Waals surface area contributed by atoms with Crippen LogP contribution >= 0.6 is 0 Å². The van der Waals surface area contributed by atoms with E-state index in [1.54, 1.807) is 36.1 Å². The van der Waals surface area contributed by atoms with E-state index in [9.17, 15) is 9.00 Å². The standard InChI is InChI=1S/C23H25N3O4S/c1-3-4-13-30-19-9-5-16(6-10-19)23(27)24-22-20-14-31(28)15-21(20)25-26(22)17-7-11-18(29-2)12-8-17/h5-12H,3-4,13-15H2,1-2H3,(H,24,27)/t31-/m1/s1. The second-order valence-corrected chi connectivity index (χ2v) is 8.75. The number of hydrogen-bond acceptors (Lipinski definition) is 5. The molecule has 7 nitrogen and oxygen atoms in total. The number of rotatable bonds is 8. The summed E-state index contributed by atoms with van der Waals surface area (Å²) in [6, 6.07) is 14.5. The van der Waals surface area contributed by atoms with Crippen LogP contribution in [-0.2, 0) is 22.3 Å². The molecule has 1 atom stereocenters. The van der Waals surface area contributed by atoms with Gasteiger partial charge in [0.05, 0.1) is 36.6 Å². The highest BCUT2D eigenvalue weighted by atomic mass is 32.2. The summed E-state index contributed by atoms with van der Waals surface area (Å²) in [4.78, 5) is 13.0. The third-order valence-corrected chi connectivity index (χ3v) is 6.31. The number of nitrogens with zero attached hydrogens (tertiary/aromatic N) is 2. The van der Waals surface area contributed by atoms with Crippen LogP contribution < -0.4 is 14.8 Å². The van der Waals surface area contributed by atoms with Gasteiger partial charge in [-0.15, -0.1) is 0 Å². The number of unbranched alkanes of at least 4 members (excludes halogenated alkanes) is 1. The zero-order valence-corrected chi connectivity index (χ0v) is 18.4. The van der Waals surface area contributed by atoms with Crippen molar-refractivity contribution in [3.63, 3.8) is 0 Å². The SMILES string of the molecule is CCCCOc1ccc(C(=O)Nc2c3c(nn2-c2ccc(OC)cc2)C[S@](=O)C3)cc1. The first-order valence-electron chi connectivity index (χ1n) is 10.2. The second kappa shape index (κ2) is 9.34. The summed E-state index contributed by atoms with van der Waals surface area (Å²) in [5, 5.41) is 7.60. The molecule has 3 aromatic rings. The zero-order valence-electron chi connectivity index (χ0n) is 17.6. The molecule has 0 unspecified atom stereocenters. The van der Waals surface area contributed by atoms with Crippen molar-refractivity contribution in [2.45, 2.75) is 31.3 Å². The van der Waals surface area contributed by atoms with E-state index in [-0.39, 0.29) is 5.91 Å². The second-order valence-electron chi connectivity index (χ2n) is 7.29. The van der Waals surface area contributed by atoms with E-state index < -0.39 is 10.8 Å². The minimum atomic E-state index is -0.999. The number of hydrogen-bond donors (Lipinski definition) is 1. The van der Waals surface area contributed by atoms with E-state index in [0.717, 1.165) is 41.3 Å². The van der Waals surface area contributed by atoms with Crippen LogP contribution in [0.2, 0.25) is 0 Å². The maximum absolute atomic E-state index is 13.0. The quantitative estimate of drug-likeness (QED) is 0.535. The van der Waals surface area contributed by atoms with Crippen molar-refractivity contribution in [3.05, 3.63) is 65.4 Å². The van der Waals surface area contributed by atoms with Gasteiger partial charge in [-0.1, -0.05) is 13.3 Å². The maximum atomic E-state index is 13.0. The molecule has 2 aromatic carbocycles. The van der Waals surface area contributed by atoms with Gasteiger partial charge in [0, 0.05) is 21.9 Å². The van der Waals surface area contributed by atoms with Crippen LogP contribution in [0, 0.1) is 0 Å². The van der Waals surface area contributed by atoms with E-state index in [2.05, 4.69) is 17.3 Å². The Hall–Kier alpha value is -3.13. The molecule has 31 heavy (non-hydrogen) atoms. The van der Waals surface area contributed by atoms with Gasteiger partial charge in [-0.3, -0.25) is 9.00 Å². The predicted octanol–water partition coefficient (Wildman–Crippen LogP) is 4.07. The first-order valence-corrected chi connectivity index (χ1v) is 11.7. The number of methoxy groups -OCH3 is 1. The number of anilines is 1. The summed E-state index contributed by atoms with van der Waals surface area (Å²) < 4.78 is 24.6. The van der Waals surface area contributed by atoms with Crippen molar-refractivity contribution in [2.24, 2.45) is 0 Å². The molecule has 1 N–H and O–H groups in total. The number of carbonyl (C=O) groups is 1. The fraction of sp³-hybridized carbons (Fsp3) is 0.304. The maximum Gasteiger partial charge on any atom is 0.256 e. The fourth-order valence-corrected chi connectivity index (χ4v) is 4.65. The highest BCUT2D eigenvalue weighted by Crippen LogP contribution is 2.32. The monoisotopic (exact) mass is 439 g/mol. The Morgan fingerprint density at radius 2 is 1.81 bits per heavy atom. The summed E-state index contributed by atoms with van der Waals surface area (Å²) >= 11 is 0. The normalized spacial score (nSPS) is 14.8. The van der Waals surface area contributed by atoms with Crippen molar-refractivity contribution >= 4 is 22.5 Å². The Bertz CT molecular complexity index is 1090. The molecular formula is C23H25N3O4S. The molecule has 162 valence electrons. The van der Waals surface area contributed by atoms with Crippen molar-refractivity contribution in [2.75, 3.05) is 19.0 Å². The number of carbonyl (C=O) groups excluding carboxylic acids is 1. The molecular weight excluding hydrogens is 414 g/mol. The molecule has 0 saturated carbocycles.